The first kappa shape index (κ1) is 10.5. The summed E-state index contributed by atoms with van der Waals surface area (Å²) in [6.07, 6.45) is 0. The molecule has 2 rings (SSSR count). The Bertz CT molecular complexity index is 485. The molecule has 0 spiro atoms. The van der Waals surface area contributed by atoms with Crippen molar-refractivity contribution in [1.82, 2.24) is 15.3 Å². The number of hydrogen-bond acceptors (Lipinski definition) is 5. The quantitative estimate of drug-likeness (QED) is 0.852. The van der Waals surface area contributed by atoms with E-state index in [1.807, 2.05) is 17.7 Å². The molecule has 0 aliphatic heterocycles. The molecular formula is C9H11N3OS2. The third-order valence-corrected chi connectivity index (χ3v) is 3.51. The number of nitrogens with zero attached hydrogens (tertiary/aromatic N) is 1. The Morgan fingerprint density at radius 3 is 2.87 bits per heavy atom. The van der Waals surface area contributed by atoms with Crippen molar-refractivity contribution in [3.63, 3.8) is 0 Å². The number of thiazole rings is 2. The van der Waals surface area contributed by atoms with Crippen molar-refractivity contribution in [3.8, 4) is 0 Å². The van der Waals surface area contributed by atoms with E-state index in [0.29, 0.717) is 6.54 Å². The molecular weight excluding hydrogens is 230 g/mol. The number of hydrogen-bond donors (Lipinski definition) is 2. The standard InChI is InChI=1S/C9H11N3OS2/c1-6-4-14-8(11-6)3-10-2-7-5-15-9(13)12-7/h4-5,10H,2-3H2,1H3,(H,12,13). The Balaban J connectivity index is 1.82. The van der Waals surface area contributed by atoms with Gasteiger partial charge in [0.05, 0.1) is 0 Å². The number of aromatic nitrogens is 2. The van der Waals surface area contributed by atoms with Crippen LogP contribution in [0.15, 0.2) is 15.6 Å². The Morgan fingerprint density at radius 2 is 2.27 bits per heavy atom. The van der Waals surface area contributed by atoms with E-state index in [4.69, 9.17) is 0 Å². The highest BCUT2D eigenvalue weighted by Crippen LogP contribution is 2.08. The van der Waals surface area contributed by atoms with Crippen LogP contribution in [0.2, 0.25) is 0 Å². The molecule has 2 N–H and O–H groups in total. The van der Waals surface area contributed by atoms with E-state index in [0.717, 1.165) is 22.9 Å². The first-order valence-corrected chi connectivity index (χ1v) is 6.28. The summed E-state index contributed by atoms with van der Waals surface area (Å²) in [7, 11) is 0. The molecule has 6 heteroatoms. The lowest BCUT2D eigenvalue weighted by Crippen LogP contribution is -2.13. The average molecular weight is 241 g/mol. The molecule has 0 saturated carbocycles. The molecule has 0 aliphatic rings. The molecule has 0 atom stereocenters. The first-order valence-electron chi connectivity index (χ1n) is 4.52. The van der Waals surface area contributed by atoms with E-state index in [1.165, 1.54) is 11.3 Å². The van der Waals surface area contributed by atoms with Gasteiger partial charge in [0.25, 0.3) is 0 Å². The van der Waals surface area contributed by atoms with Crippen molar-refractivity contribution < 1.29 is 0 Å². The molecule has 0 saturated heterocycles. The zero-order valence-corrected chi connectivity index (χ0v) is 9.87. The van der Waals surface area contributed by atoms with Gasteiger partial charge in [-0.15, -0.1) is 11.3 Å². The van der Waals surface area contributed by atoms with Crippen LogP contribution in [0, 0.1) is 6.92 Å². The highest BCUT2D eigenvalue weighted by atomic mass is 32.1. The van der Waals surface area contributed by atoms with Crippen molar-refractivity contribution in [2.45, 2.75) is 20.0 Å². The molecule has 15 heavy (non-hydrogen) atoms. The van der Waals surface area contributed by atoms with Crippen molar-refractivity contribution in [2.24, 2.45) is 0 Å². The number of aryl methyl sites for hydroxylation is 1. The van der Waals surface area contributed by atoms with Crippen LogP contribution in [0.5, 0.6) is 0 Å². The molecule has 0 bridgehead atoms. The average Bonchev–Trinajstić information content (AvgIpc) is 2.76. The lowest BCUT2D eigenvalue weighted by molar-refractivity contribution is 0.677. The van der Waals surface area contributed by atoms with Gasteiger partial charge in [-0.05, 0) is 6.92 Å². The summed E-state index contributed by atoms with van der Waals surface area (Å²) in [5.41, 5.74) is 1.99. The van der Waals surface area contributed by atoms with Crippen LogP contribution in [0.1, 0.15) is 16.4 Å². The fourth-order valence-electron chi connectivity index (χ4n) is 1.19. The lowest BCUT2D eigenvalue weighted by Gasteiger charge is -1.98. The van der Waals surface area contributed by atoms with E-state index in [2.05, 4.69) is 15.3 Å². The molecule has 2 heterocycles. The first-order chi connectivity index (χ1) is 7.24. The van der Waals surface area contributed by atoms with Gasteiger partial charge in [0.15, 0.2) is 0 Å². The van der Waals surface area contributed by atoms with Crippen LogP contribution in [0.25, 0.3) is 0 Å². The van der Waals surface area contributed by atoms with Gasteiger partial charge in [-0.25, -0.2) is 4.98 Å². The molecule has 2 aromatic rings. The normalized spacial score (nSPS) is 10.7. The summed E-state index contributed by atoms with van der Waals surface area (Å²) in [4.78, 5) is 17.9. The Labute approximate surface area is 95.0 Å². The second kappa shape index (κ2) is 4.69. The van der Waals surface area contributed by atoms with Gasteiger partial charge >= 0.3 is 4.87 Å². The maximum absolute atomic E-state index is 10.9. The number of rotatable bonds is 4. The largest absolute Gasteiger partial charge is 0.315 e. The minimum absolute atomic E-state index is 0.00288. The Morgan fingerprint density at radius 1 is 1.40 bits per heavy atom. The third kappa shape index (κ3) is 2.98. The molecule has 0 aliphatic carbocycles. The Hall–Kier alpha value is -0.980. The van der Waals surface area contributed by atoms with E-state index in [9.17, 15) is 4.79 Å². The van der Waals surface area contributed by atoms with Gasteiger partial charge in [-0.1, -0.05) is 11.3 Å². The van der Waals surface area contributed by atoms with Gasteiger partial charge in [-0.3, -0.25) is 4.79 Å². The van der Waals surface area contributed by atoms with E-state index in [1.54, 1.807) is 11.3 Å². The fourth-order valence-corrected chi connectivity index (χ4v) is 2.51. The lowest BCUT2D eigenvalue weighted by atomic mass is 10.5. The third-order valence-electron chi connectivity index (χ3n) is 1.83. The second-order valence-corrected chi connectivity index (χ2v) is 4.94. The number of nitrogens with one attached hydrogen (secondary N) is 2. The molecule has 0 unspecified atom stereocenters. The second-order valence-electron chi connectivity index (χ2n) is 3.16. The number of H-pyrrole nitrogens is 1. The maximum Gasteiger partial charge on any atom is 0.304 e. The van der Waals surface area contributed by atoms with Crippen LogP contribution in [0.3, 0.4) is 0 Å². The maximum atomic E-state index is 10.9. The van der Waals surface area contributed by atoms with Gasteiger partial charge in [0.2, 0.25) is 0 Å². The van der Waals surface area contributed by atoms with Crippen LogP contribution in [-0.4, -0.2) is 9.97 Å². The monoisotopic (exact) mass is 241 g/mol. The molecule has 0 radical (unpaired) electrons. The van der Waals surface area contributed by atoms with Crippen LogP contribution < -0.4 is 10.2 Å². The van der Waals surface area contributed by atoms with E-state index in [-0.39, 0.29) is 4.87 Å². The summed E-state index contributed by atoms with van der Waals surface area (Å²) < 4.78 is 0. The van der Waals surface area contributed by atoms with Gasteiger partial charge in [0, 0.05) is 35.2 Å². The Kier molecular flexibility index (Phi) is 3.30. The van der Waals surface area contributed by atoms with Crippen LogP contribution in [-0.2, 0) is 13.1 Å². The predicted molar refractivity (Wildman–Crippen MR) is 62.3 cm³/mol. The highest BCUT2D eigenvalue weighted by Gasteiger charge is 1.99. The van der Waals surface area contributed by atoms with Gasteiger partial charge < -0.3 is 10.3 Å². The summed E-state index contributed by atoms with van der Waals surface area (Å²) in [6.45, 7) is 3.41. The molecule has 2 aromatic heterocycles. The van der Waals surface area contributed by atoms with E-state index < -0.39 is 0 Å². The summed E-state index contributed by atoms with van der Waals surface area (Å²) in [5.74, 6) is 0. The molecule has 4 nitrogen and oxygen atoms in total. The summed E-state index contributed by atoms with van der Waals surface area (Å²) >= 11 is 2.84. The highest BCUT2D eigenvalue weighted by molar-refractivity contribution is 7.09. The van der Waals surface area contributed by atoms with Gasteiger partial charge in [-0.2, -0.15) is 0 Å². The number of aromatic amines is 1. The van der Waals surface area contributed by atoms with Crippen LogP contribution in [0.4, 0.5) is 0 Å². The molecule has 0 aromatic carbocycles. The zero-order valence-electron chi connectivity index (χ0n) is 8.24. The van der Waals surface area contributed by atoms with Crippen LogP contribution >= 0.6 is 22.7 Å². The van der Waals surface area contributed by atoms with Crippen molar-refractivity contribution in [2.75, 3.05) is 0 Å². The summed E-state index contributed by atoms with van der Waals surface area (Å²) in [6, 6.07) is 0. The van der Waals surface area contributed by atoms with Gasteiger partial charge in [0.1, 0.15) is 5.01 Å². The van der Waals surface area contributed by atoms with Crippen molar-refractivity contribution in [1.29, 1.82) is 0 Å². The van der Waals surface area contributed by atoms with E-state index >= 15 is 0 Å². The minimum Gasteiger partial charge on any atom is -0.315 e. The summed E-state index contributed by atoms with van der Waals surface area (Å²) in [5, 5.41) is 8.17. The smallest absolute Gasteiger partial charge is 0.304 e. The zero-order chi connectivity index (χ0) is 10.7. The molecule has 0 amide bonds. The topological polar surface area (TPSA) is 57.8 Å². The molecule has 0 fully saturated rings. The van der Waals surface area contributed by atoms with Crippen molar-refractivity contribution >= 4 is 22.7 Å². The minimum atomic E-state index is -0.00288. The fraction of sp³-hybridized carbons (Fsp3) is 0.333. The molecule has 80 valence electrons. The predicted octanol–water partition coefficient (Wildman–Crippen LogP) is 1.49. The van der Waals surface area contributed by atoms with Crippen molar-refractivity contribution in [3.05, 3.63) is 36.8 Å². The SMILES string of the molecule is Cc1csc(CNCc2csc(=O)[nH]2)n1.